The summed E-state index contributed by atoms with van der Waals surface area (Å²) in [6, 6.07) is 7.63. The summed E-state index contributed by atoms with van der Waals surface area (Å²) in [6.45, 7) is 0. The van der Waals surface area contributed by atoms with Crippen LogP contribution in [0.15, 0.2) is 46.4 Å². The number of carbonyl (C=O) groups excluding carboxylic acids is 1. The largest absolute Gasteiger partial charge is 0.433 e. The van der Waals surface area contributed by atoms with Crippen LogP contribution in [0.5, 0.6) is 0 Å². The monoisotopic (exact) mass is 351 g/mol. The Hall–Kier alpha value is -3.61. The van der Waals surface area contributed by atoms with Crippen LogP contribution in [0.25, 0.3) is 6.08 Å². The Kier molecular flexibility index (Phi) is 4.88. The van der Waals surface area contributed by atoms with Gasteiger partial charge in [0.25, 0.3) is 5.91 Å². The summed E-state index contributed by atoms with van der Waals surface area (Å²) in [5.41, 5.74) is -1.62. The lowest BCUT2D eigenvalue weighted by Crippen LogP contribution is -2.14. The van der Waals surface area contributed by atoms with Crippen molar-refractivity contribution < 1.29 is 27.3 Å². The fraction of sp³-hybridized carbons (Fsp3) is 0.0667. The zero-order chi connectivity index (χ0) is 18.6. The van der Waals surface area contributed by atoms with Crippen molar-refractivity contribution in [2.24, 2.45) is 0 Å². The highest BCUT2D eigenvalue weighted by molar-refractivity contribution is 6.09. The number of nitrogens with one attached hydrogen (secondary N) is 1. The number of rotatable bonds is 4. The topological polar surface area (TPSA) is 109 Å². The lowest BCUT2D eigenvalue weighted by Gasteiger charge is -2.09. The molecule has 0 aliphatic heterocycles. The quantitative estimate of drug-likeness (QED) is 0.390. The van der Waals surface area contributed by atoms with Crippen LogP contribution in [-0.2, 0) is 11.0 Å². The van der Waals surface area contributed by atoms with Crippen molar-refractivity contribution >= 4 is 23.6 Å². The van der Waals surface area contributed by atoms with Crippen molar-refractivity contribution in [3.05, 3.63) is 63.4 Å². The van der Waals surface area contributed by atoms with Gasteiger partial charge in [-0.25, -0.2) is 0 Å². The average Bonchev–Trinajstić information content (AvgIpc) is 3.01. The fourth-order valence-electron chi connectivity index (χ4n) is 1.78. The molecular formula is C15H8F3N3O4. The highest BCUT2D eigenvalue weighted by Gasteiger charge is 2.30. The Morgan fingerprint density at radius 1 is 1.32 bits per heavy atom. The second-order valence-electron chi connectivity index (χ2n) is 4.64. The molecule has 1 N–H and O–H groups in total. The second-order valence-corrected chi connectivity index (χ2v) is 4.64. The summed E-state index contributed by atoms with van der Waals surface area (Å²) in [5.74, 6) is -1.69. The third-order valence-electron chi connectivity index (χ3n) is 2.89. The maximum Gasteiger partial charge on any atom is 0.433 e. The molecule has 1 aromatic carbocycles. The van der Waals surface area contributed by atoms with Gasteiger partial charge >= 0.3 is 12.1 Å². The zero-order valence-electron chi connectivity index (χ0n) is 12.2. The predicted molar refractivity (Wildman–Crippen MR) is 79.0 cm³/mol. The number of amides is 1. The van der Waals surface area contributed by atoms with Gasteiger partial charge < -0.3 is 9.73 Å². The van der Waals surface area contributed by atoms with Gasteiger partial charge in [0.1, 0.15) is 22.3 Å². The van der Waals surface area contributed by atoms with E-state index in [0.717, 1.165) is 24.3 Å². The Balaban J connectivity index is 2.21. The summed E-state index contributed by atoms with van der Waals surface area (Å²) >= 11 is 0. The van der Waals surface area contributed by atoms with Gasteiger partial charge in [0, 0.05) is 11.8 Å². The number of nitriles is 1. The fourth-order valence-corrected chi connectivity index (χ4v) is 1.78. The molecule has 0 unspecified atom stereocenters. The summed E-state index contributed by atoms with van der Waals surface area (Å²) in [5, 5.41) is 21.7. The minimum absolute atomic E-state index is 0.123. The number of alkyl halides is 3. The highest BCUT2D eigenvalue weighted by Crippen LogP contribution is 2.30. The van der Waals surface area contributed by atoms with E-state index in [1.54, 1.807) is 6.07 Å². The van der Waals surface area contributed by atoms with Crippen LogP contribution in [-0.4, -0.2) is 10.8 Å². The van der Waals surface area contributed by atoms with Crippen molar-refractivity contribution in [1.82, 2.24) is 0 Å². The van der Waals surface area contributed by atoms with E-state index >= 15 is 0 Å². The van der Waals surface area contributed by atoms with Gasteiger partial charge in [0.15, 0.2) is 0 Å². The molecule has 25 heavy (non-hydrogen) atoms. The molecule has 0 saturated carbocycles. The molecule has 0 bridgehead atoms. The van der Waals surface area contributed by atoms with E-state index in [2.05, 4.69) is 5.32 Å². The molecule has 0 fully saturated rings. The molecule has 2 aromatic rings. The third kappa shape index (κ3) is 4.44. The zero-order valence-corrected chi connectivity index (χ0v) is 12.2. The lowest BCUT2D eigenvalue weighted by atomic mass is 10.1. The molecule has 7 nitrogen and oxygen atoms in total. The maximum atomic E-state index is 12.6. The first-order valence-corrected chi connectivity index (χ1v) is 6.55. The molecule has 1 heterocycles. The second kappa shape index (κ2) is 6.88. The van der Waals surface area contributed by atoms with Crippen molar-refractivity contribution in [3.63, 3.8) is 0 Å². The molecule has 0 saturated heterocycles. The van der Waals surface area contributed by atoms with E-state index in [-0.39, 0.29) is 11.4 Å². The normalized spacial score (nSPS) is 11.7. The number of nitro groups is 1. The summed E-state index contributed by atoms with van der Waals surface area (Å²) < 4.78 is 42.7. The van der Waals surface area contributed by atoms with E-state index in [4.69, 9.17) is 9.68 Å². The third-order valence-corrected chi connectivity index (χ3v) is 2.89. The van der Waals surface area contributed by atoms with E-state index in [9.17, 15) is 28.1 Å². The first-order chi connectivity index (χ1) is 11.7. The number of anilines is 1. The molecule has 0 spiro atoms. The van der Waals surface area contributed by atoms with E-state index in [1.165, 1.54) is 12.1 Å². The van der Waals surface area contributed by atoms with Crippen molar-refractivity contribution in [1.29, 1.82) is 5.26 Å². The number of furan rings is 1. The van der Waals surface area contributed by atoms with Gasteiger partial charge in [-0.3, -0.25) is 14.9 Å². The Morgan fingerprint density at radius 2 is 2.04 bits per heavy atom. The molecule has 1 amide bonds. The Morgan fingerprint density at radius 3 is 2.60 bits per heavy atom. The van der Waals surface area contributed by atoms with Crippen LogP contribution < -0.4 is 5.32 Å². The molecule has 0 radical (unpaired) electrons. The number of benzene rings is 1. The molecule has 0 aliphatic carbocycles. The van der Waals surface area contributed by atoms with E-state index in [1.807, 2.05) is 0 Å². The minimum atomic E-state index is -4.58. The van der Waals surface area contributed by atoms with Gasteiger partial charge in [0.05, 0.1) is 11.6 Å². The molecule has 128 valence electrons. The minimum Gasteiger partial charge on any atom is -0.401 e. The van der Waals surface area contributed by atoms with Crippen LogP contribution in [0.1, 0.15) is 11.3 Å². The smallest absolute Gasteiger partial charge is 0.401 e. The number of hydrogen-bond acceptors (Lipinski definition) is 5. The van der Waals surface area contributed by atoms with Crippen molar-refractivity contribution in [3.8, 4) is 6.07 Å². The SMILES string of the molecule is N#C/C(=C/c1ccc([N+](=O)[O-])o1)C(=O)Nc1cccc(C(F)(F)F)c1. The summed E-state index contributed by atoms with van der Waals surface area (Å²) in [4.78, 5) is 21.7. The lowest BCUT2D eigenvalue weighted by molar-refractivity contribution is -0.402. The van der Waals surface area contributed by atoms with Gasteiger partial charge in [-0.05, 0) is 24.3 Å². The molecule has 0 atom stereocenters. The number of nitrogens with zero attached hydrogens (tertiary/aromatic N) is 2. The van der Waals surface area contributed by atoms with Crippen LogP contribution in [0.3, 0.4) is 0 Å². The van der Waals surface area contributed by atoms with Gasteiger partial charge in [0.2, 0.25) is 0 Å². The molecule has 1 aromatic heterocycles. The molecule has 10 heteroatoms. The van der Waals surface area contributed by atoms with Gasteiger partial charge in [-0.1, -0.05) is 6.07 Å². The number of hydrogen-bond donors (Lipinski definition) is 1. The molecule has 2 rings (SSSR count). The Labute approximate surface area is 138 Å². The van der Waals surface area contributed by atoms with Crippen LogP contribution in [0, 0.1) is 21.4 Å². The number of carbonyl (C=O) groups is 1. The van der Waals surface area contributed by atoms with E-state index < -0.39 is 34.0 Å². The van der Waals surface area contributed by atoms with Gasteiger partial charge in [-0.2, -0.15) is 18.4 Å². The predicted octanol–water partition coefficient (Wildman–Crippen LogP) is 3.75. The van der Waals surface area contributed by atoms with Crippen LogP contribution in [0.4, 0.5) is 24.7 Å². The Bertz CT molecular complexity index is 894. The number of halogens is 3. The molecule has 0 aliphatic rings. The first kappa shape index (κ1) is 17.7. The standard InChI is InChI=1S/C15H8F3N3O4/c16-15(17,18)10-2-1-3-11(7-10)20-14(22)9(8-19)6-12-4-5-13(25-12)21(23)24/h1-7H,(H,20,22)/b9-6-. The van der Waals surface area contributed by atoms with Gasteiger partial charge in [-0.15, -0.1) is 0 Å². The van der Waals surface area contributed by atoms with Crippen molar-refractivity contribution in [2.45, 2.75) is 6.18 Å². The average molecular weight is 351 g/mol. The summed E-state index contributed by atoms with van der Waals surface area (Å²) in [7, 11) is 0. The molecular weight excluding hydrogens is 343 g/mol. The van der Waals surface area contributed by atoms with Crippen molar-refractivity contribution in [2.75, 3.05) is 5.32 Å². The van der Waals surface area contributed by atoms with E-state index in [0.29, 0.717) is 6.07 Å². The maximum absolute atomic E-state index is 12.6. The summed E-state index contributed by atoms with van der Waals surface area (Å²) in [6.07, 6.45) is -3.64. The first-order valence-electron chi connectivity index (χ1n) is 6.55. The van der Waals surface area contributed by atoms with Crippen LogP contribution >= 0.6 is 0 Å². The van der Waals surface area contributed by atoms with Crippen LogP contribution in [0.2, 0.25) is 0 Å². The highest BCUT2D eigenvalue weighted by atomic mass is 19.4.